The molecule has 0 aromatic heterocycles. The lowest BCUT2D eigenvalue weighted by Crippen LogP contribution is -2.35. The van der Waals surface area contributed by atoms with E-state index >= 15 is 0 Å². The molecule has 0 saturated carbocycles. The molecule has 2 fully saturated rings. The van der Waals surface area contributed by atoms with Crippen molar-refractivity contribution in [2.24, 2.45) is 0 Å². The Kier molecular flexibility index (Phi) is 1.45. The van der Waals surface area contributed by atoms with E-state index in [9.17, 15) is 4.79 Å². The third kappa shape index (κ3) is 1.10. The minimum Gasteiger partial charge on any atom is -0.481 e. The van der Waals surface area contributed by atoms with Crippen molar-refractivity contribution in [2.45, 2.75) is 24.9 Å². The Labute approximate surface area is 69.2 Å². The molecule has 12 heavy (non-hydrogen) atoms. The molecular weight excluding hydrogens is 164 g/mol. The van der Waals surface area contributed by atoms with E-state index in [1.165, 1.54) is 0 Å². The van der Waals surface area contributed by atoms with E-state index in [0.29, 0.717) is 13.2 Å². The van der Waals surface area contributed by atoms with Gasteiger partial charge in [0, 0.05) is 0 Å². The number of carbonyl (C=O) groups is 1. The summed E-state index contributed by atoms with van der Waals surface area (Å²) < 4.78 is 15.6. The molecule has 0 aliphatic carbocycles. The van der Waals surface area contributed by atoms with Crippen LogP contribution in [0.15, 0.2) is 0 Å². The van der Waals surface area contributed by atoms with Crippen molar-refractivity contribution in [1.82, 2.24) is 0 Å². The molecule has 5 nitrogen and oxygen atoms in total. The zero-order valence-electron chi connectivity index (χ0n) is 6.70. The van der Waals surface area contributed by atoms with Gasteiger partial charge in [0.1, 0.15) is 12.0 Å². The molecule has 0 aromatic rings. The molecule has 0 radical (unpaired) electrons. The van der Waals surface area contributed by atoms with Crippen LogP contribution in [0.3, 0.4) is 0 Å². The van der Waals surface area contributed by atoms with Crippen LogP contribution < -0.4 is 0 Å². The molecule has 0 aromatic carbocycles. The van der Waals surface area contributed by atoms with Crippen LogP contribution in [0.4, 0.5) is 0 Å². The Balaban J connectivity index is 2.10. The van der Waals surface area contributed by atoms with Crippen molar-refractivity contribution in [1.29, 1.82) is 0 Å². The zero-order valence-corrected chi connectivity index (χ0v) is 6.70. The maximum absolute atomic E-state index is 10.4. The Morgan fingerprint density at radius 1 is 1.50 bits per heavy atom. The largest absolute Gasteiger partial charge is 0.481 e. The van der Waals surface area contributed by atoms with Crippen LogP contribution in [0, 0.1) is 0 Å². The van der Waals surface area contributed by atoms with E-state index in [1.807, 2.05) is 6.92 Å². The molecule has 0 spiro atoms. The van der Waals surface area contributed by atoms with Crippen LogP contribution in [0.1, 0.15) is 13.3 Å². The predicted octanol–water partition coefficient (Wildman–Crippen LogP) is -0.0494. The first-order chi connectivity index (χ1) is 5.54. The highest BCUT2D eigenvalue weighted by molar-refractivity contribution is 5.67. The van der Waals surface area contributed by atoms with Crippen molar-refractivity contribution in [2.75, 3.05) is 13.2 Å². The average Bonchev–Trinajstić information content (AvgIpc) is 2.39. The molecule has 2 saturated heterocycles. The molecule has 0 atom stereocenters. The van der Waals surface area contributed by atoms with Crippen LogP contribution in [-0.4, -0.2) is 35.9 Å². The summed E-state index contributed by atoms with van der Waals surface area (Å²) in [7, 11) is 0. The van der Waals surface area contributed by atoms with Gasteiger partial charge in [-0.2, -0.15) is 0 Å². The molecule has 2 bridgehead atoms. The van der Waals surface area contributed by atoms with Gasteiger partial charge in [0.25, 0.3) is 5.97 Å². The predicted molar refractivity (Wildman–Crippen MR) is 36.4 cm³/mol. The fraction of sp³-hybridized carbons (Fsp3) is 0.857. The van der Waals surface area contributed by atoms with Gasteiger partial charge in [0.15, 0.2) is 0 Å². The first kappa shape index (κ1) is 7.97. The number of ether oxygens (including phenoxy) is 3. The number of fused-ring (bicyclic) bond motifs is 2. The van der Waals surface area contributed by atoms with E-state index in [4.69, 9.17) is 19.3 Å². The summed E-state index contributed by atoms with van der Waals surface area (Å²) in [6.45, 7) is 2.64. The number of rotatable bonds is 2. The Hall–Kier alpha value is -0.650. The number of hydrogen-bond donors (Lipinski definition) is 1. The van der Waals surface area contributed by atoms with Gasteiger partial charge in [0.05, 0.1) is 13.2 Å². The molecule has 2 aliphatic heterocycles. The minimum atomic E-state index is -1.30. The van der Waals surface area contributed by atoms with E-state index in [0.717, 1.165) is 0 Å². The quantitative estimate of drug-likeness (QED) is 0.635. The number of hydrogen-bond acceptors (Lipinski definition) is 4. The summed E-state index contributed by atoms with van der Waals surface area (Å²) in [5.74, 6) is -2.29. The molecule has 2 heterocycles. The van der Waals surface area contributed by atoms with Gasteiger partial charge < -0.3 is 19.3 Å². The molecule has 0 unspecified atom stereocenters. The van der Waals surface area contributed by atoms with Crippen molar-refractivity contribution in [3.05, 3.63) is 0 Å². The molecular formula is C7H10O5. The SMILES string of the molecule is CC12COC(CC(=O)O)(OC1)O2. The van der Waals surface area contributed by atoms with Crippen LogP contribution in [-0.2, 0) is 19.0 Å². The van der Waals surface area contributed by atoms with Gasteiger partial charge in [-0.25, -0.2) is 0 Å². The monoisotopic (exact) mass is 174 g/mol. The van der Waals surface area contributed by atoms with E-state index in [2.05, 4.69) is 0 Å². The highest BCUT2D eigenvalue weighted by Crippen LogP contribution is 2.41. The summed E-state index contributed by atoms with van der Waals surface area (Å²) in [4.78, 5) is 10.4. The van der Waals surface area contributed by atoms with E-state index in [1.54, 1.807) is 0 Å². The lowest BCUT2D eigenvalue weighted by molar-refractivity contribution is -0.299. The Bertz CT molecular complexity index is 216. The van der Waals surface area contributed by atoms with Crippen LogP contribution in [0.25, 0.3) is 0 Å². The van der Waals surface area contributed by atoms with Gasteiger partial charge in [-0.3, -0.25) is 4.79 Å². The zero-order chi connectivity index (χ0) is 8.82. The van der Waals surface area contributed by atoms with Gasteiger partial charge in [-0.1, -0.05) is 0 Å². The minimum absolute atomic E-state index is 0.261. The standard InChI is InChI=1S/C7H10O5/c1-6-3-10-7(12-6,11-4-6)2-5(8)9/h2-4H2,1H3,(H,8,9). The van der Waals surface area contributed by atoms with Gasteiger partial charge in [0.2, 0.25) is 0 Å². The number of aliphatic carboxylic acids is 1. The highest BCUT2D eigenvalue weighted by atomic mass is 16.9. The summed E-state index contributed by atoms with van der Waals surface area (Å²) in [6, 6.07) is 0. The molecule has 2 rings (SSSR count). The summed E-state index contributed by atoms with van der Waals surface area (Å²) >= 11 is 0. The lowest BCUT2D eigenvalue weighted by atomic mass is 10.1. The number of carboxylic acid groups (broad SMARTS) is 1. The third-order valence-electron chi connectivity index (χ3n) is 1.96. The van der Waals surface area contributed by atoms with Gasteiger partial charge in [-0.05, 0) is 6.92 Å². The Morgan fingerprint density at radius 3 is 2.42 bits per heavy atom. The lowest BCUT2D eigenvalue weighted by Gasteiger charge is -2.21. The highest BCUT2D eigenvalue weighted by Gasteiger charge is 2.57. The topological polar surface area (TPSA) is 65.0 Å². The molecule has 5 heteroatoms. The molecule has 68 valence electrons. The summed E-state index contributed by atoms with van der Waals surface area (Å²) in [5.41, 5.74) is -0.449. The fourth-order valence-corrected chi connectivity index (χ4v) is 1.43. The van der Waals surface area contributed by atoms with Crippen LogP contribution in [0.5, 0.6) is 0 Å². The van der Waals surface area contributed by atoms with Gasteiger partial charge in [-0.15, -0.1) is 0 Å². The first-order valence-electron chi connectivity index (χ1n) is 3.74. The second kappa shape index (κ2) is 2.18. The van der Waals surface area contributed by atoms with Gasteiger partial charge >= 0.3 is 5.97 Å². The summed E-state index contributed by atoms with van der Waals surface area (Å²) in [6.07, 6.45) is -0.261. The van der Waals surface area contributed by atoms with E-state index in [-0.39, 0.29) is 6.42 Å². The average molecular weight is 174 g/mol. The van der Waals surface area contributed by atoms with E-state index < -0.39 is 17.5 Å². The first-order valence-corrected chi connectivity index (χ1v) is 3.74. The second-order valence-corrected chi connectivity index (χ2v) is 3.38. The molecule has 2 aliphatic rings. The maximum atomic E-state index is 10.4. The van der Waals surface area contributed by atoms with Crippen molar-refractivity contribution >= 4 is 5.97 Å². The van der Waals surface area contributed by atoms with Crippen molar-refractivity contribution in [3.8, 4) is 0 Å². The van der Waals surface area contributed by atoms with Crippen LogP contribution >= 0.6 is 0 Å². The molecule has 0 amide bonds. The van der Waals surface area contributed by atoms with Crippen molar-refractivity contribution in [3.63, 3.8) is 0 Å². The third-order valence-corrected chi connectivity index (χ3v) is 1.96. The number of carboxylic acids is 1. The van der Waals surface area contributed by atoms with Crippen molar-refractivity contribution < 1.29 is 24.1 Å². The molecule has 1 N–H and O–H groups in total. The summed E-state index contributed by atoms with van der Waals surface area (Å²) in [5, 5.41) is 8.53. The fourth-order valence-electron chi connectivity index (χ4n) is 1.43. The smallest absolute Gasteiger partial charge is 0.311 e. The van der Waals surface area contributed by atoms with Crippen LogP contribution in [0.2, 0.25) is 0 Å². The normalized spacial score (nSPS) is 45.1. The maximum Gasteiger partial charge on any atom is 0.311 e. The Morgan fingerprint density at radius 2 is 2.08 bits per heavy atom. The second-order valence-electron chi connectivity index (χ2n) is 3.38.